The molecular formula is C28H38N8O. The smallest absolute Gasteiger partial charge is 0.144 e. The molecule has 0 radical (unpaired) electrons. The maximum absolute atomic E-state index is 6.60. The van der Waals surface area contributed by atoms with Gasteiger partial charge in [0.15, 0.2) is 0 Å². The number of nitrogens with zero attached hydrogens (tertiary/aromatic N) is 6. The molecule has 5 rings (SSSR count). The van der Waals surface area contributed by atoms with Crippen molar-refractivity contribution in [3.8, 4) is 5.75 Å². The highest BCUT2D eigenvalue weighted by Gasteiger charge is 2.38. The van der Waals surface area contributed by atoms with Crippen LogP contribution in [0.1, 0.15) is 38.1 Å². The van der Waals surface area contributed by atoms with Gasteiger partial charge in [-0.25, -0.2) is 9.97 Å². The van der Waals surface area contributed by atoms with Crippen molar-refractivity contribution in [2.45, 2.75) is 45.1 Å². The summed E-state index contributed by atoms with van der Waals surface area (Å²) in [4.78, 5) is 20.8. The van der Waals surface area contributed by atoms with Crippen molar-refractivity contribution in [1.29, 1.82) is 0 Å². The normalized spacial score (nSPS) is 18.4. The van der Waals surface area contributed by atoms with Crippen LogP contribution in [0.15, 0.2) is 36.7 Å². The molecule has 0 amide bonds. The Balaban J connectivity index is 1.42. The third kappa shape index (κ3) is 4.87. The van der Waals surface area contributed by atoms with Gasteiger partial charge in [0, 0.05) is 48.9 Å². The van der Waals surface area contributed by atoms with Crippen LogP contribution in [-0.4, -0.2) is 66.7 Å². The van der Waals surface area contributed by atoms with E-state index >= 15 is 0 Å². The fourth-order valence-electron chi connectivity index (χ4n) is 5.59. The molecule has 196 valence electrons. The van der Waals surface area contributed by atoms with Gasteiger partial charge in [0.1, 0.15) is 23.7 Å². The number of benzene rings is 1. The Kier molecular flexibility index (Phi) is 6.58. The number of aryl methyl sites for hydroxylation is 1. The minimum absolute atomic E-state index is 0.0760. The number of hydrogen-bond donors (Lipinski definition) is 2. The summed E-state index contributed by atoms with van der Waals surface area (Å²) in [5.74, 6) is 2.22. The quantitative estimate of drug-likeness (QED) is 0.454. The lowest BCUT2D eigenvalue weighted by Gasteiger charge is -2.30. The van der Waals surface area contributed by atoms with E-state index in [0.29, 0.717) is 11.9 Å². The first-order valence-electron chi connectivity index (χ1n) is 12.9. The number of aromatic nitrogens is 3. The summed E-state index contributed by atoms with van der Waals surface area (Å²) in [5, 5.41) is 3.42. The van der Waals surface area contributed by atoms with Gasteiger partial charge in [-0.15, -0.1) is 0 Å². The van der Waals surface area contributed by atoms with Gasteiger partial charge in [0.25, 0.3) is 0 Å². The Labute approximate surface area is 219 Å². The number of methoxy groups -OCH3 is 1. The van der Waals surface area contributed by atoms with Crippen LogP contribution >= 0.6 is 0 Å². The Morgan fingerprint density at radius 1 is 1.16 bits per heavy atom. The highest BCUT2D eigenvalue weighted by atomic mass is 16.5. The zero-order valence-corrected chi connectivity index (χ0v) is 22.7. The van der Waals surface area contributed by atoms with Gasteiger partial charge in [-0.05, 0) is 52.1 Å². The molecule has 3 aromatic rings. The molecule has 2 aliphatic heterocycles. The summed E-state index contributed by atoms with van der Waals surface area (Å²) in [7, 11) is 5.91. The van der Waals surface area contributed by atoms with Crippen molar-refractivity contribution in [2.24, 2.45) is 0 Å². The van der Waals surface area contributed by atoms with Crippen LogP contribution in [0.3, 0.4) is 0 Å². The molecular weight excluding hydrogens is 464 g/mol. The maximum Gasteiger partial charge on any atom is 0.144 e. The van der Waals surface area contributed by atoms with E-state index < -0.39 is 0 Å². The van der Waals surface area contributed by atoms with Gasteiger partial charge >= 0.3 is 0 Å². The molecule has 3 N–H and O–H groups in total. The summed E-state index contributed by atoms with van der Waals surface area (Å²) < 4.78 is 5.79. The molecule has 2 aliphatic rings. The van der Waals surface area contributed by atoms with E-state index in [-0.39, 0.29) is 5.41 Å². The third-order valence-corrected chi connectivity index (χ3v) is 7.30. The lowest BCUT2D eigenvalue weighted by atomic mass is 9.91. The number of anilines is 6. The first-order chi connectivity index (χ1) is 17.7. The van der Waals surface area contributed by atoms with Crippen molar-refractivity contribution in [3.05, 3.63) is 48.0 Å². The number of rotatable bonds is 7. The van der Waals surface area contributed by atoms with Crippen LogP contribution in [0, 0.1) is 6.92 Å². The Hall–Kier alpha value is -3.59. The summed E-state index contributed by atoms with van der Waals surface area (Å²) in [6, 6.07) is 10.6. The number of nitrogens with one attached hydrogen (secondary N) is 1. The molecule has 0 unspecified atom stereocenters. The summed E-state index contributed by atoms with van der Waals surface area (Å²) in [6.07, 6.45) is 3.91. The average Bonchev–Trinajstić information content (AvgIpc) is 3.40. The van der Waals surface area contributed by atoms with Gasteiger partial charge < -0.3 is 30.5 Å². The SMILES string of the molecule is COc1cc(N2CCC[C@@H]2CN(C)C)c(N)cc1Nc1cc(N2CC(C)(C)c3nc(C)ccc32)ncn1. The van der Waals surface area contributed by atoms with Crippen LogP contribution in [0.25, 0.3) is 0 Å². The zero-order chi connectivity index (χ0) is 26.3. The van der Waals surface area contributed by atoms with Gasteiger partial charge in [-0.3, -0.25) is 4.98 Å². The van der Waals surface area contributed by atoms with Crippen molar-refractivity contribution in [3.63, 3.8) is 0 Å². The highest BCUT2D eigenvalue weighted by Crippen LogP contribution is 2.43. The van der Waals surface area contributed by atoms with E-state index in [0.717, 1.165) is 78.2 Å². The van der Waals surface area contributed by atoms with Gasteiger partial charge in [0.05, 0.1) is 35.6 Å². The molecule has 0 spiro atoms. The molecule has 4 heterocycles. The molecule has 0 bridgehead atoms. The predicted octanol–water partition coefficient (Wildman–Crippen LogP) is 4.47. The number of ether oxygens (including phenoxy) is 1. The zero-order valence-electron chi connectivity index (χ0n) is 22.7. The van der Waals surface area contributed by atoms with Crippen molar-refractivity contribution in [1.82, 2.24) is 19.9 Å². The van der Waals surface area contributed by atoms with E-state index in [4.69, 9.17) is 15.5 Å². The second-order valence-corrected chi connectivity index (χ2v) is 11.0. The first-order valence-corrected chi connectivity index (χ1v) is 12.9. The number of hydrogen-bond acceptors (Lipinski definition) is 9. The molecule has 9 heteroatoms. The monoisotopic (exact) mass is 502 g/mol. The highest BCUT2D eigenvalue weighted by molar-refractivity contribution is 5.80. The molecule has 9 nitrogen and oxygen atoms in total. The Bertz CT molecular complexity index is 1290. The molecule has 0 aliphatic carbocycles. The number of nitrogens with two attached hydrogens (primary N) is 1. The fourth-order valence-corrected chi connectivity index (χ4v) is 5.59. The van der Waals surface area contributed by atoms with Gasteiger partial charge in [-0.2, -0.15) is 0 Å². The van der Waals surface area contributed by atoms with E-state index in [2.05, 4.69) is 64.0 Å². The molecule has 1 aromatic carbocycles. The van der Waals surface area contributed by atoms with Crippen LogP contribution < -0.4 is 25.6 Å². The van der Waals surface area contributed by atoms with Crippen LogP contribution in [-0.2, 0) is 5.41 Å². The second kappa shape index (κ2) is 9.70. The third-order valence-electron chi connectivity index (χ3n) is 7.30. The summed E-state index contributed by atoms with van der Waals surface area (Å²) in [5.41, 5.74) is 12.2. The summed E-state index contributed by atoms with van der Waals surface area (Å²) >= 11 is 0. The van der Waals surface area contributed by atoms with E-state index in [1.807, 2.05) is 31.2 Å². The van der Waals surface area contributed by atoms with Crippen LogP contribution in [0.2, 0.25) is 0 Å². The molecule has 1 fully saturated rings. The van der Waals surface area contributed by atoms with E-state index in [1.54, 1.807) is 13.4 Å². The largest absolute Gasteiger partial charge is 0.494 e. The van der Waals surface area contributed by atoms with Gasteiger partial charge in [-0.1, -0.05) is 13.8 Å². The Morgan fingerprint density at radius 3 is 2.73 bits per heavy atom. The minimum atomic E-state index is -0.0760. The number of likely N-dealkylation sites (N-methyl/N-ethyl adjacent to an activating group) is 1. The van der Waals surface area contributed by atoms with Crippen molar-refractivity contribution < 1.29 is 4.74 Å². The molecule has 2 aromatic heterocycles. The van der Waals surface area contributed by atoms with Crippen LogP contribution in [0.5, 0.6) is 5.75 Å². The molecule has 1 saturated heterocycles. The number of fused-ring (bicyclic) bond motifs is 1. The molecule has 37 heavy (non-hydrogen) atoms. The Morgan fingerprint density at radius 2 is 1.97 bits per heavy atom. The van der Waals surface area contributed by atoms with Gasteiger partial charge in [0.2, 0.25) is 0 Å². The van der Waals surface area contributed by atoms with Crippen molar-refractivity contribution >= 4 is 34.4 Å². The lowest BCUT2D eigenvalue weighted by Crippen LogP contribution is -2.37. The number of pyridine rings is 1. The van der Waals surface area contributed by atoms with Crippen LogP contribution in [0.4, 0.5) is 34.4 Å². The summed E-state index contributed by atoms with van der Waals surface area (Å²) in [6.45, 7) is 9.26. The molecule has 0 saturated carbocycles. The number of nitrogen functional groups attached to an aromatic ring is 1. The fraction of sp³-hybridized carbons (Fsp3) is 0.464. The lowest BCUT2D eigenvalue weighted by molar-refractivity contribution is 0.372. The van der Waals surface area contributed by atoms with Crippen molar-refractivity contribution in [2.75, 3.05) is 61.7 Å². The average molecular weight is 503 g/mol. The minimum Gasteiger partial charge on any atom is -0.494 e. The first kappa shape index (κ1) is 25.1. The van der Waals surface area contributed by atoms with E-state index in [1.165, 1.54) is 0 Å². The molecule has 1 atom stereocenters. The second-order valence-electron chi connectivity index (χ2n) is 11.0. The standard InChI is InChI=1S/C28H38N8O/c1-18-9-10-22-27(32-18)28(2,3)16-36(22)26-14-25(30-17-31-26)33-21-12-20(29)23(13-24(21)37-6)35-11-7-8-19(35)15-34(4)5/h9-10,12-14,17,19H,7-8,11,15-16,29H2,1-6H3,(H,30,31,33)/t19-/m1/s1. The topological polar surface area (TPSA) is 95.7 Å². The predicted molar refractivity (Wildman–Crippen MR) is 151 cm³/mol. The van der Waals surface area contributed by atoms with E-state index in [9.17, 15) is 0 Å². The maximum atomic E-state index is 6.60.